The van der Waals surface area contributed by atoms with Crippen LogP contribution in [0.3, 0.4) is 0 Å². The SMILES string of the molecule is O=C(Nc1c(F)cccc1F)c1cnc(Nc2ccc3c(c2)OCO3)cn1. The van der Waals surface area contributed by atoms with Crippen molar-refractivity contribution in [2.24, 2.45) is 0 Å². The Morgan fingerprint density at radius 2 is 1.78 bits per heavy atom. The van der Waals surface area contributed by atoms with Gasteiger partial charge in [0.1, 0.15) is 28.8 Å². The number of nitrogens with zero attached hydrogens (tertiary/aromatic N) is 2. The molecule has 7 nitrogen and oxygen atoms in total. The molecule has 0 fully saturated rings. The third-order valence-corrected chi connectivity index (χ3v) is 3.73. The van der Waals surface area contributed by atoms with Gasteiger partial charge in [0.05, 0.1) is 12.4 Å². The first-order valence-corrected chi connectivity index (χ1v) is 7.84. The lowest BCUT2D eigenvalue weighted by Crippen LogP contribution is -2.16. The highest BCUT2D eigenvalue weighted by molar-refractivity contribution is 6.02. The van der Waals surface area contributed by atoms with Gasteiger partial charge in [-0.2, -0.15) is 0 Å². The summed E-state index contributed by atoms with van der Waals surface area (Å²) in [6.45, 7) is 0.172. The van der Waals surface area contributed by atoms with E-state index in [1.165, 1.54) is 18.5 Å². The summed E-state index contributed by atoms with van der Waals surface area (Å²) in [6.07, 6.45) is 2.53. The van der Waals surface area contributed by atoms with E-state index in [1.54, 1.807) is 18.2 Å². The zero-order chi connectivity index (χ0) is 18.8. The van der Waals surface area contributed by atoms with Crippen LogP contribution in [0.2, 0.25) is 0 Å². The summed E-state index contributed by atoms with van der Waals surface area (Å²) in [6, 6.07) is 8.56. The number of hydrogen-bond donors (Lipinski definition) is 2. The fraction of sp³-hybridized carbons (Fsp3) is 0.0556. The van der Waals surface area contributed by atoms with Crippen molar-refractivity contribution < 1.29 is 23.0 Å². The molecule has 0 spiro atoms. The number of amides is 1. The Hall–Kier alpha value is -3.75. The maximum absolute atomic E-state index is 13.6. The number of carbonyl (C=O) groups is 1. The number of carbonyl (C=O) groups excluding carboxylic acids is 1. The molecule has 1 aliphatic rings. The quantitative estimate of drug-likeness (QED) is 0.731. The van der Waals surface area contributed by atoms with Crippen LogP contribution in [0, 0.1) is 11.6 Å². The van der Waals surface area contributed by atoms with Gasteiger partial charge in [0.2, 0.25) is 6.79 Å². The molecule has 1 aromatic heterocycles. The van der Waals surface area contributed by atoms with Crippen LogP contribution in [0.4, 0.5) is 26.0 Å². The number of ether oxygens (including phenoxy) is 2. The van der Waals surface area contributed by atoms with Crippen LogP contribution in [0.1, 0.15) is 10.5 Å². The molecular formula is C18H12F2N4O3. The third kappa shape index (κ3) is 3.47. The smallest absolute Gasteiger partial charge is 0.276 e. The highest BCUT2D eigenvalue weighted by Gasteiger charge is 2.16. The lowest BCUT2D eigenvalue weighted by molar-refractivity contribution is 0.102. The molecule has 1 amide bonds. The second-order valence-corrected chi connectivity index (χ2v) is 5.53. The van der Waals surface area contributed by atoms with Gasteiger partial charge in [0.15, 0.2) is 11.5 Å². The maximum Gasteiger partial charge on any atom is 0.276 e. The van der Waals surface area contributed by atoms with E-state index >= 15 is 0 Å². The minimum absolute atomic E-state index is 0.0890. The zero-order valence-electron chi connectivity index (χ0n) is 13.7. The first kappa shape index (κ1) is 16.7. The van der Waals surface area contributed by atoms with E-state index in [4.69, 9.17) is 9.47 Å². The summed E-state index contributed by atoms with van der Waals surface area (Å²) in [5.74, 6) is -0.895. The van der Waals surface area contributed by atoms with Gasteiger partial charge in [0, 0.05) is 11.8 Å². The number of aromatic nitrogens is 2. The lowest BCUT2D eigenvalue weighted by Gasteiger charge is -2.08. The van der Waals surface area contributed by atoms with E-state index in [-0.39, 0.29) is 12.5 Å². The summed E-state index contributed by atoms with van der Waals surface area (Å²) >= 11 is 0. The van der Waals surface area contributed by atoms with Crippen LogP contribution in [0.5, 0.6) is 11.5 Å². The average molecular weight is 370 g/mol. The van der Waals surface area contributed by atoms with Crippen LogP contribution >= 0.6 is 0 Å². The molecule has 2 heterocycles. The fourth-order valence-electron chi connectivity index (χ4n) is 2.43. The van der Waals surface area contributed by atoms with E-state index in [2.05, 4.69) is 20.6 Å². The van der Waals surface area contributed by atoms with Crippen molar-refractivity contribution in [1.82, 2.24) is 9.97 Å². The number of nitrogens with one attached hydrogen (secondary N) is 2. The van der Waals surface area contributed by atoms with Gasteiger partial charge in [-0.1, -0.05) is 6.07 Å². The Labute approximate surface area is 152 Å². The van der Waals surface area contributed by atoms with Crippen molar-refractivity contribution in [3.8, 4) is 11.5 Å². The van der Waals surface area contributed by atoms with Crippen molar-refractivity contribution in [2.45, 2.75) is 0 Å². The molecule has 3 aromatic rings. The molecule has 0 radical (unpaired) electrons. The Balaban J connectivity index is 1.46. The molecule has 1 aliphatic heterocycles. The zero-order valence-corrected chi connectivity index (χ0v) is 13.7. The second kappa shape index (κ2) is 6.87. The van der Waals surface area contributed by atoms with Gasteiger partial charge in [-0.3, -0.25) is 4.79 Å². The molecule has 0 bridgehead atoms. The highest BCUT2D eigenvalue weighted by Crippen LogP contribution is 2.34. The Kier molecular flexibility index (Phi) is 4.25. The van der Waals surface area contributed by atoms with Crippen LogP contribution in [0.15, 0.2) is 48.8 Å². The van der Waals surface area contributed by atoms with Crippen LogP contribution < -0.4 is 20.1 Å². The molecule has 0 unspecified atom stereocenters. The molecule has 0 saturated carbocycles. The van der Waals surface area contributed by atoms with Gasteiger partial charge in [0.25, 0.3) is 5.91 Å². The van der Waals surface area contributed by atoms with Crippen LogP contribution in [0.25, 0.3) is 0 Å². The number of fused-ring (bicyclic) bond motifs is 1. The highest BCUT2D eigenvalue weighted by atomic mass is 19.1. The lowest BCUT2D eigenvalue weighted by atomic mass is 10.2. The summed E-state index contributed by atoms with van der Waals surface area (Å²) in [5, 5.41) is 5.16. The molecular weight excluding hydrogens is 358 g/mol. The van der Waals surface area contributed by atoms with E-state index < -0.39 is 23.2 Å². The summed E-state index contributed by atoms with van der Waals surface area (Å²) in [7, 11) is 0. The van der Waals surface area contributed by atoms with Crippen molar-refractivity contribution in [2.75, 3.05) is 17.4 Å². The maximum atomic E-state index is 13.6. The van der Waals surface area contributed by atoms with Crippen LogP contribution in [-0.2, 0) is 0 Å². The summed E-state index contributed by atoms with van der Waals surface area (Å²) in [5.41, 5.74) is 0.0694. The topological polar surface area (TPSA) is 85.4 Å². The first-order valence-electron chi connectivity index (χ1n) is 7.84. The first-order chi connectivity index (χ1) is 13.1. The third-order valence-electron chi connectivity index (χ3n) is 3.73. The summed E-state index contributed by atoms with van der Waals surface area (Å²) in [4.78, 5) is 20.2. The van der Waals surface area contributed by atoms with E-state index in [0.717, 1.165) is 12.1 Å². The molecule has 0 aliphatic carbocycles. The van der Waals surface area contributed by atoms with Crippen molar-refractivity contribution in [3.63, 3.8) is 0 Å². The van der Waals surface area contributed by atoms with Crippen LogP contribution in [-0.4, -0.2) is 22.7 Å². The standard InChI is InChI=1S/C18H12F2N4O3/c19-11-2-1-3-12(20)17(11)24-18(25)13-7-22-16(8-21-13)23-10-4-5-14-15(6-10)27-9-26-14/h1-8H,9H2,(H,22,23)(H,24,25). The number of anilines is 3. The molecule has 2 aromatic carbocycles. The van der Waals surface area contributed by atoms with Crippen molar-refractivity contribution >= 4 is 23.1 Å². The predicted molar refractivity (Wildman–Crippen MR) is 92.2 cm³/mol. The molecule has 2 N–H and O–H groups in total. The largest absolute Gasteiger partial charge is 0.454 e. The number of hydrogen-bond acceptors (Lipinski definition) is 6. The Morgan fingerprint density at radius 1 is 1.00 bits per heavy atom. The number of halogens is 2. The second-order valence-electron chi connectivity index (χ2n) is 5.53. The van der Waals surface area contributed by atoms with E-state index in [0.29, 0.717) is 23.0 Å². The molecule has 9 heteroatoms. The number of rotatable bonds is 4. The normalized spacial score (nSPS) is 11.9. The fourth-order valence-corrected chi connectivity index (χ4v) is 2.43. The van der Waals surface area contributed by atoms with Crippen molar-refractivity contribution in [1.29, 1.82) is 0 Å². The molecule has 0 atom stereocenters. The van der Waals surface area contributed by atoms with Gasteiger partial charge in [-0.25, -0.2) is 18.7 Å². The summed E-state index contributed by atoms with van der Waals surface area (Å²) < 4.78 is 37.7. The van der Waals surface area contributed by atoms with Gasteiger partial charge in [-0.05, 0) is 24.3 Å². The van der Waals surface area contributed by atoms with Gasteiger partial charge >= 0.3 is 0 Å². The molecule has 4 rings (SSSR count). The Morgan fingerprint density at radius 3 is 2.52 bits per heavy atom. The Bertz CT molecular complexity index is 992. The minimum atomic E-state index is -0.877. The van der Waals surface area contributed by atoms with E-state index in [1.807, 2.05) is 0 Å². The van der Waals surface area contributed by atoms with Gasteiger partial charge < -0.3 is 20.1 Å². The van der Waals surface area contributed by atoms with Crippen molar-refractivity contribution in [3.05, 3.63) is 66.1 Å². The van der Waals surface area contributed by atoms with Gasteiger partial charge in [-0.15, -0.1) is 0 Å². The molecule has 0 saturated heterocycles. The number of para-hydroxylation sites is 1. The monoisotopic (exact) mass is 370 g/mol. The molecule has 136 valence electrons. The average Bonchev–Trinajstić information content (AvgIpc) is 3.13. The predicted octanol–water partition coefficient (Wildman–Crippen LogP) is 3.48. The minimum Gasteiger partial charge on any atom is -0.454 e. The number of benzene rings is 2. The van der Waals surface area contributed by atoms with E-state index in [9.17, 15) is 13.6 Å². The molecule has 27 heavy (non-hydrogen) atoms.